The van der Waals surface area contributed by atoms with Crippen LogP contribution < -0.4 is 14.2 Å². The fraction of sp³-hybridized carbons (Fsp3) is 0.250. The maximum absolute atomic E-state index is 11.8. The van der Waals surface area contributed by atoms with Crippen molar-refractivity contribution in [1.82, 2.24) is 0 Å². The predicted molar refractivity (Wildman–Crippen MR) is 95.2 cm³/mol. The van der Waals surface area contributed by atoms with E-state index in [-0.39, 0.29) is 5.57 Å². The van der Waals surface area contributed by atoms with Gasteiger partial charge < -0.3 is 19.3 Å². The number of carboxylic acids is 1. The molecule has 0 unspecified atom stereocenters. The maximum atomic E-state index is 11.8. The molecule has 1 N–H and O–H groups in total. The molecule has 25 heavy (non-hydrogen) atoms. The summed E-state index contributed by atoms with van der Waals surface area (Å²) in [6.45, 7) is 3.62. The van der Waals surface area contributed by atoms with Gasteiger partial charge in [0, 0.05) is 0 Å². The lowest BCUT2D eigenvalue weighted by molar-refractivity contribution is -0.130. The molecule has 5 heteroatoms. The van der Waals surface area contributed by atoms with Gasteiger partial charge in [-0.2, -0.15) is 0 Å². The van der Waals surface area contributed by atoms with E-state index in [0.717, 1.165) is 17.7 Å². The third-order valence-corrected chi connectivity index (χ3v) is 3.73. The van der Waals surface area contributed by atoms with Crippen LogP contribution >= 0.6 is 0 Å². The minimum Gasteiger partial charge on any atom is -0.494 e. The highest BCUT2D eigenvalue weighted by molar-refractivity contribution is 6.20. The number of carboxylic acid groups (broad SMARTS) is 1. The molecule has 0 amide bonds. The molecule has 0 aromatic heterocycles. The van der Waals surface area contributed by atoms with Crippen molar-refractivity contribution in [3.63, 3.8) is 0 Å². The molecule has 2 aromatic carbocycles. The monoisotopic (exact) mass is 340 g/mol. The summed E-state index contributed by atoms with van der Waals surface area (Å²) >= 11 is 0. The second-order valence-electron chi connectivity index (χ2n) is 5.64. The van der Waals surface area contributed by atoms with Crippen LogP contribution in [0.15, 0.2) is 42.5 Å². The average Bonchev–Trinajstić information content (AvgIpc) is 2.64. The molecular weight excluding hydrogens is 320 g/mol. The average molecular weight is 340 g/mol. The third-order valence-electron chi connectivity index (χ3n) is 3.73. The highest BCUT2D eigenvalue weighted by Gasteiger charge is 2.16. The summed E-state index contributed by atoms with van der Waals surface area (Å²) in [7, 11) is 0. The van der Waals surface area contributed by atoms with E-state index < -0.39 is 5.97 Å². The van der Waals surface area contributed by atoms with E-state index in [1.165, 1.54) is 0 Å². The first kappa shape index (κ1) is 16.9. The zero-order chi connectivity index (χ0) is 17.6. The fourth-order valence-corrected chi connectivity index (χ4v) is 2.56. The Morgan fingerprint density at radius 3 is 2.72 bits per heavy atom. The van der Waals surface area contributed by atoms with Crippen molar-refractivity contribution >= 4 is 17.6 Å². The van der Waals surface area contributed by atoms with Crippen LogP contribution in [-0.2, 0) is 4.79 Å². The van der Waals surface area contributed by atoms with E-state index >= 15 is 0 Å². The number of fused-ring (bicyclic) bond motifs is 1. The van der Waals surface area contributed by atoms with E-state index in [2.05, 4.69) is 0 Å². The molecule has 0 bridgehead atoms. The van der Waals surface area contributed by atoms with Crippen molar-refractivity contribution in [2.24, 2.45) is 0 Å². The first-order chi connectivity index (χ1) is 12.2. The lowest BCUT2D eigenvalue weighted by atomic mass is 10.0. The van der Waals surface area contributed by atoms with Gasteiger partial charge in [0.1, 0.15) is 19.0 Å². The second-order valence-corrected chi connectivity index (χ2v) is 5.64. The molecule has 1 heterocycles. The van der Waals surface area contributed by atoms with Crippen LogP contribution in [0.1, 0.15) is 24.5 Å². The van der Waals surface area contributed by atoms with Crippen LogP contribution in [-0.4, -0.2) is 30.9 Å². The topological polar surface area (TPSA) is 65.0 Å². The van der Waals surface area contributed by atoms with Gasteiger partial charge in [-0.25, -0.2) is 4.79 Å². The SMILES string of the molecule is CCCOc1cccc(/C=C(\C(=O)O)c2ccc3c(c2)OCCO3)c1. The molecule has 130 valence electrons. The quantitative estimate of drug-likeness (QED) is 0.639. The Kier molecular flexibility index (Phi) is 5.23. The molecule has 5 nitrogen and oxygen atoms in total. The fourth-order valence-electron chi connectivity index (χ4n) is 2.56. The molecule has 1 aliphatic heterocycles. The van der Waals surface area contributed by atoms with Crippen molar-refractivity contribution in [3.8, 4) is 17.2 Å². The number of ether oxygens (including phenoxy) is 3. The first-order valence-corrected chi connectivity index (χ1v) is 8.25. The van der Waals surface area contributed by atoms with Gasteiger partial charge in [0.05, 0.1) is 12.2 Å². The first-order valence-electron chi connectivity index (χ1n) is 8.25. The molecule has 3 rings (SSSR count). The van der Waals surface area contributed by atoms with Crippen molar-refractivity contribution in [2.75, 3.05) is 19.8 Å². The number of hydrogen-bond donors (Lipinski definition) is 1. The van der Waals surface area contributed by atoms with Crippen LogP contribution in [0.5, 0.6) is 17.2 Å². The largest absolute Gasteiger partial charge is 0.494 e. The molecule has 0 saturated heterocycles. The van der Waals surface area contributed by atoms with Crippen LogP contribution in [0.3, 0.4) is 0 Å². The van der Waals surface area contributed by atoms with E-state index in [1.807, 2.05) is 31.2 Å². The van der Waals surface area contributed by atoms with Crippen molar-refractivity contribution in [2.45, 2.75) is 13.3 Å². The van der Waals surface area contributed by atoms with E-state index in [4.69, 9.17) is 14.2 Å². The lowest BCUT2D eigenvalue weighted by Crippen LogP contribution is -2.15. The zero-order valence-corrected chi connectivity index (χ0v) is 14.0. The summed E-state index contributed by atoms with van der Waals surface area (Å²) < 4.78 is 16.6. The van der Waals surface area contributed by atoms with Crippen LogP contribution in [0.2, 0.25) is 0 Å². The maximum Gasteiger partial charge on any atom is 0.336 e. The Balaban J connectivity index is 1.93. The van der Waals surface area contributed by atoms with Gasteiger partial charge in [-0.3, -0.25) is 0 Å². The zero-order valence-electron chi connectivity index (χ0n) is 14.0. The predicted octanol–water partition coefficient (Wildman–Crippen LogP) is 3.87. The Bertz CT molecular complexity index is 794. The summed E-state index contributed by atoms with van der Waals surface area (Å²) in [5.41, 5.74) is 1.52. The Morgan fingerprint density at radius 1 is 1.16 bits per heavy atom. The minimum atomic E-state index is -1.00. The Hall–Kier alpha value is -2.95. The number of carbonyl (C=O) groups is 1. The molecule has 0 atom stereocenters. The van der Waals surface area contributed by atoms with Gasteiger partial charge in [-0.1, -0.05) is 25.1 Å². The van der Waals surface area contributed by atoms with E-state index in [0.29, 0.717) is 36.9 Å². The second kappa shape index (κ2) is 7.75. The summed E-state index contributed by atoms with van der Waals surface area (Å²) in [4.78, 5) is 11.8. The molecular formula is C20H20O5. The normalized spacial score (nSPS) is 13.4. The van der Waals surface area contributed by atoms with Gasteiger partial charge >= 0.3 is 5.97 Å². The van der Waals surface area contributed by atoms with Crippen LogP contribution in [0.4, 0.5) is 0 Å². The highest BCUT2D eigenvalue weighted by Crippen LogP contribution is 2.33. The van der Waals surface area contributed by atoms with Gasteiger partial charge in [0.25, 0.3) is 0 Å². The smallest absolute Gasteiger partial charge is 0.336 e. The van der Waals surface area contributed by atoms with E-state index in [9.17, 15) is 9.90 Å². The van der Waals surface area contributed by atoms with Gasteiger partial charge in [0.15, 0.2) is 11.5 Å². The molecule has 0 aliphatic carbocycles. The van der Waals surface area contributed by atoms with Crippen LogP contribution in [0, 0.1) is 0 Å². The molecule has 1 aliphatic rings. The van der Waals surface area contributed by atoms with Gasteiger partial charge in [-0.15, -0.1) is 0 Å². The number of benzene rings is 2. The van der Waals surface area contributed by atoms with Crippen molar-refractivity contribution < 1.29 is 24.1 Å². The lowest BCUT2D eigenvalue weighted by Gasteiger charge is -2.19. The van der Waals surface area contributed by atoms with Crippen LogP contribution in [0.25, 0.3) is 11.6 Å². The number of aliphatic carboxylic acids is 1. The van der Waals surface area contributed by atoms with Crippen molar-refractivity contribution in [3.05, 3.63) is 53.6 Å². The van der Waals surface area contributed by atoms with E-state index in [1.54, 1.807) is 24.3 Å². The summed E-state index contributed by atoms with van der Waals surface area (Å²) in [6, 6.07) is 12.5. The number of rotatable bonds is 6. The Labute approximate surface area is 146 Å². The van der Waals surface area contributed by atoms with Gasteiger partial charge in [0.2, 0.25) is 0 Å². The Morgan fingerprint density at radius 2 is 1.96 bits per heavy atom. The third kappa shape index (κ3) is 4.12. The molecule has 0 fully saturated rings. The standard InChI is InChI=1S/C20H20O5/c1-2-8-23-16-5-3-4-14(11-16)12-17(20(21)22)15-6-7-18-19(13-15)25-10-9-24-18/h3-7,11-13H,2,8-10H2,1H3,(H,21,22)/b17-12-. The van der Waals surface area contributed by atoms with Crippen molar-refractivity contribution in [1.29, 1.82) is 0 Å². The minimum absolute atomic E-state index is 0.185. The summed E-state index contributed by atoms with van der Waals surface area (Å²) in [6.07, 6.45) is 2.55. The molecule has 0 spiro atoms. The number of hydrogen-bond acceptors (Lipinski definition) is 4. The summed E-state index contributed by atoms with van der Waals surface area (Å²) in [5.74, 6) is 0.921. The molecule has 0 radical (unpaired) electrons. The highest BCUT2D eigenvalue weighted by atomic mass is 16.6. The molecule has 0 saturated carbocycles. The van der Waals surface area contributed by atoms with Gasteiger partial charge in [-0.05, 0) is 47.9 Å². The molecule has 2 aromatic rings. The summed E-state index contributed by atoms with van der Waals surface area (Å²) in [5, 5.41) is 9.63.